The Kier molecular flexibility index (Phi) is 5.56. The first kappa shape index (κ1) is 16.2. The first-order valence-corrected chi connectivity index (χ1v) is 8.29. The predicted molar refractivity (Wildman–Crippen MR) is 94.0 cm³/mol. The van der Waals surface area contributed by atoms with E-state index in [-0.39, 0.29) is 11.2 Å². The molecular formula is C15H14BrClN2OS. The number of carbonyl (C=O) groups excluding carboxylic acids is 1. The molecule has 3 N–H and O–H groups in total. The smallest absolute Gasteiger partial charge is 0.237 e. The van der Waals surface area contributed by atoms with Crippen molar-refractivity contribution in [3.63, 3.8) is 0 Å². The fourth-order valence-corrected chi connectivity index (χ4v) is 3.26. The lowest BCUT2D eigenvalue weighted by Crippen LogP contribution is -2.22. The standard InChI is InChI=1S/C15H14BrClN2OS/c1-9(21-12-4-2-3-10(16)7-12)15(20)19-11-5-6-13(17)14(18)8-11/h2-9H,18H2,1H3,(H,19,20). The van der Waals surface area contributed by atoms with E-state index in [0.29, 0.717) is 16.4 Å². The van der Waals surface area contributed by atoms with Crippen LogP contribution in [-0.4, -0.2) is 11.2 Å². The molecule has 0 aliphatic heterocycles. The maximum atomic E-state index is 12.2. The molecule has 2 aromatic carbocycles. The Labute approximate surface area is 141 Å². The molecule has 2 aromatic rings. The summed E-state index contributed by atoms with van der Waals surface area (Å²) in [5.41, 5.74) is 6.81. The lowest BCUT2D eigenvalue weighted by Gasteiger charge is -2.13. The number of hydrogen-bond acceptors (Lipinski definition) is 3. The van der Waals surface area contributed by atoms with Crippen molar-refractivity contribution in [3.05, 3.63) is 52.0 Å². The number of carbonyl (C=O) groups is 1. The number of halogens is 2. The number of nitrogens with one attached hydrogen (secondary N) is 1. The summed E-state index contributed by atoms with van der Waals surface area (Å²) in [5, 5.41) is 3.09. The van der Waals surface area contributed by atoms with Gasteiger partial charge in [-0.05, 0) is 43.3 Å². The molecule has 0 saturated heterocycles. The topological polar surface area (TPSA) is 55.1 Å². The first-order chi connectivity index (χ1) is 9.95. The number of nitrogens with two attached hydrogens (primary N) is 1. The SMILES string of the molecule is CC(Sc1cccc(Br)c1)C(=O)Nc1ccc(Cl)c(N)c1. The molecule has 2 rings (SSSR count). The van der Waals surface area contributed by atoms with Gasteiger partial charge in [0.05, 0.1) is 16.0 Å². The molecule has 0 bridgehead atoms. The zero-order chi connectivity index (χ0) is 15.4. The number of anilines is 2. The molecule has 1 atom stereocenters. The van der Waals surface area contributed by atoms with Crippen molar-refractivity contribution >= 4 is 56.6 Å². The highest BCUT2D eigenvalue weighted by molar-refractivity contribution is 9.10. The van der Waals surface area contributed by atoms with Gasteiger partial charge in [0, 0.05) is 15.1 Å². The van der Waals surface area contributed by atoms with Gasteiger partial charge in [-0.1, -0.05) is 33.6 Å². The Morgan fingerprint density at radius 2 is 2.10 bits per heavy atom. The summed E-state index contributed by atoms with van der Waals surface area (Å²) in [7, 11) is 0. The van der Waals surface area contributed by atoms with E-state index in [1.54, 1.807) is 18.2 Å². The number of nitrogen functional groups attached to an aromatic ring is 1. The van der Waals surface area contributed by atoms with E-state index >= 15 is 0 Å². The van der Waals surface area contributed by atoms with E-state index in [4.69, 9.17) is 17.3 Å². The van der Waals surface area contributed by atoms with Crippen LogP contribution in [0.1, 0.15) is 6.92 Å². The number of amides is 1. The fourth-order valence-electron chi connectivity index (χ4n) is 1.66. The number of benzene rings is 2. The van der Waals surface area contributed by atoms with E-state index in [0.717, 1.165) is 9.37 Å². The monoisotopic (exact) mass is 384 g/mol. The molecule has 0 radical (unpaired) electrons. The number of thioether (sulfide) groups is 1. The Morgan fingerprint density at radius 3 is 2.76 bits per heavy atom. The highest BCUT2D eigenvalue weighted by Crippen LogP contribution is 2.27. The average molecular weight is 386 g/mol. The van der Waals surface area contributed by atoms with Crippen molar-refractivity contribution in [2.75, 3.05) is 11.1 Å². The number of rotatable bonds is 4. The van der Waals surface area contributed by atoms with Gasteiger partial charge in [-0.25, -0.2) is 0 Å². The van der Waals surface area contributed by atoms with E-state index < -0.39 is 0 Å². The zero-order valence-corrected chi connectivity index (χ0v) is 14.4. The molecule has 0 aliphatic rings. The molecule has 1 unspecified atom stereocenters. The Balaban J connectivity index is 2.00. The Morgan fingerprint density at radius 1 is 1.33 bits per heavy atom. The Hall–Kier alpha value is -1.17. The van der Waals surface area contributed by atoms with Gasteiger partial charge < -0.3 is 11.1 Å². The fraction of sp³-hybridized carbons (Fsp3) is 0.133. The van der Waals surface area contributed by atoms with E-state index in [9.17, 15) is 4.79 Å². The lowest BCUT2D eigenvalue weighted by molar-refractivity contribution is -0.115. The molecule has 0 saturated carbocycles. The molecule has 21 heavy (non-hydrogen) atoms. The molecular weight excluding hydrogens is 372 g/mol. The largest absolute Gasteiger partial charge is 0.397 e. The summed E-state index contributed by atoms with van der Waals surface area (Å²) in [5.74, 6) is -0.0818. The minimum atomic E-state index is -0.226. The van der Waals surface area contributed by atoms with Gasteiger partial charge >= 0.3 is 0 Å². The van der Waals surface area contributed by atoms with Crippen molar-refractivity contribution in [2.45, 2.75) is 17.1 Å². The van der Waals surface area contributed by atoms with Crippen molar-refractivity contribution in [2.24, 2.45) is 0 Å². The van der Waals surface area contributed by atoms with Gasteiger partial charge in [-0.2, -0.15) is 0 Å². The van der Waals surface area contributed by atoms with E-state index in [1.807, 2.05) is 31.2 Å². The van der Waals surface area contributed by atoms with Crippen LogP contribution < -0.4 is 11.1 Å². The van der Waals surface area contributed by atoms with Crippen molar-refractivity contribution < 1.29 is 4.79 Å². The minimum Gasteiger partial charge on any atom is -0.397 e. The van der Waals surface area contributed by atoms with Crippen molar-refractivity contribution in [1.29, 1.82) is 0 Å². The van der Waals surface area contributed by atoms with Gasteiger partial charge in [-0.15, -0.1) is 11.8 Å². The average Bonchev–Trinajstić information content (AvgIpc) is 2.43. The van der Waals surface area contributed by atoms with Crippen LogP contribution in [0.15, 0.2) is 51.8 Å². The summed E-state index contributed by atoms with van der Waals surface area (Å²) in [6, 6.07) is 12.9. The van der Waals surface area contributed by atoms with Gasteiger partial charge in [0.15, 0.2) is 0 Å². The molecule has 0 aromatic heterocycles. The van der Waals surface area contributed by atoms with Crippen LogP contribution in [0.25, 0.3) is 0 Å². The molecule has 0 fully saturated rings. The van der Waals surface area contributed by atoms with Gasteiger partial charge in [-0.3, -0.25) is 4.79 Å². The van der Waals surface area contributed by atoms with Gasteiger partial charge in [0.25, 0.3) is 0 Å². The lowest BCUT2D eigenvalue weighted by atomic mass is 10.2. The highest BCUT2D eigenvalue weighted by Gasteiger charge is 2.15. The molecule has 3 nitrogen and oxygen atoms in total. The summed E-state index contributed by atoms with van der Waals surface area (Å²) in [6.07, 6.45) is 0. The second-order valence-electron chi connectivity index (χ2n) is 4.44. The maximum Gasteiger partial charge on any atom is 0.237 e. The van der Waals surface area contributed by atoms with Crippen LogP contribution in [0.3, 0.4) is 0 Å². The zero-order valence-electron chi connectivity index (χ0n) is 11.3. The molecule has 0 aliphatic carbocycles. The van der Waals surface area contributed by atoms with Crippen LogP contribution in [0.5, 0.6) is 0 Å². The third-order valence-electron chi connectivity index (χ3n) is 2.74. The molecule has 6 heteroatoms. The molecule has 110 valence electrons. The van der Waals surface area contributed by atoms with Crippen molar-refractivity contribution in [1.82, 2.24) is 0 Å². The highest BCUT2D eigenvalue weighted by atomic mass is 79.9. The second-order valence-corrected chi connectivity index (χ2v) is 7.18. The molecule has 0 heterocycles. The number of hydrogen-bond donors (Lipinski definition) is 2. The normalized spacial score (nSPS) is 12.0. The second kappa shape index (κ2) is 7.20. The Bertz CT molecular complexity index is 666. The van der Waals surface area contributed by atoms with Crippen LogP contribution in [0.2, 0.25) is 5.02 Å². The first-order valence-electron chi connectivity index (χ1n) is 6.24. The molecule has 1 amide bonds. The van der Waals surface area contributed by atoms with Crippen LogP contribution in [0, 0.1) is 0 Å². The predicted octanol–water partition coefficient (Wildman–Crippen LogP) is 4.80. The summed E-state index contributed by atoms with van der Waals surface area (Å²) in [4.78, 5) is 13.2. The summed E-state index contributed by atoms with van der Waals surface area (Å²) in [6.45, 7) is 1.86. The van der Waals surface area contributed by atoms with Crippen LogP contribution >= 0.6 is 39.3 Å². The van der Waals surface area contributed by atoms with E-state index in [2.05, 4.69) is 21.2 Å². The quantitative estimate of drug-likeness (QED) is 0.587. The maximum absolute atomic E-state index is 12.2. The summed E-state index contributed by atoms with van der Waals surface area (Å²) < 4.78 is 0.991. The minimum absolute atomic E-state index is 0.0818. The van der Waals surface area contributed by atoms with Crippen LogP contribution in [-0.2, 0) is 4.79 Å². The van der Waals surface area contributed by atoms with E-state index in [1.165, 1.54) is 11.8 Å². The van der Waals surface area contributed by atoms with Crippen molar-refractivity contribution in [3.8, 4) is 0 Å². The summed E-state index contributed by atoms with van der Waals surface area (Å²) >= 11 is 10.8. The third kappa shape index (κ3) is 4.66. The van der Waals surface area contributed by atoms with Crippen LogP contribution in [0.4, 0.5) is 11.4 Å². The molecule has 0 spiro atoms. The third-order valence-corrected chi connectivity index (χ3v) is 4.67. The van der Waals surface area contributed by atoms with Gasteiger partial charge in [0.1, 0.15) is 0 Å². The van der Waals surface area contributed by atoms with Gasteiger partial charge in [0.2, 0.25) is 5.91 Å².